The Bertz CT molecular complexity index is 580. The van der Waals surface area contributed by atoms with Gasteiger partial charge in [0.15, 0.2) is 0 Å². The predicted octanol–water partition coefficient (Wildman–Crippen LogP) is 0.727. The van der Waals surface area contributed by atoms with Gasteiger partial charge in [-0.3, -0.25) is 9.89 Å². The van der Waals surface area contributed by atoms with Crippen molar-refractivity contribution < 1.29 is 9.90 Å². The van der Waals surface area contributed by atoms with Gasteiger partial charge >= 0.3 is 0 Å². The zero-order valence-electron chi connectivity index (χ0n) is 10.3. The highest BCUT2D eigenvalue weighted by atomic mass is 16.3. The number of fused-ring (bicyclic) bond motifs is 1. The van der Waals surface area contributed by atoms with E-state index < -0.39 is 6.10 Å². The van der Waals surface area contributed by atoms with Crippen LogP contribution in [0.1, 0.15) is 22.9 Å². The Hall–Kier alpha value is -2.14. The molecule has 3 rings (SSSR count). The van der Waals surface area contributed by atoms with E-state index in [1.807, 2.05) is 24.3 Å². The number of rotatable bonds is 3. The molecule has 0 aliphatic heterocycles. The van der Waals surface area contributed by atoms with Crippen LogP contribution in [-0.4, -0.2) is 27.3 Å². The van der Waals surface area contributed by atoms with Gasteiger partial charge in [-0.25, -0.2) is 0 Å². The van der Waals surface area contributed by atoms with E-state index in [-0.39, 0.29) is 18.4 Å². The normalized spacial score (nSPS) is 21.1. The molecule has 0 saturated carbocycles. The van der Waals surface area contributed by atoms with E-state index in [1.165, 1.54) is 0 Å². The van der Waals surface area contributed by atoms with Crippen molar-refractivity contribution >= 4 is 5.91 Å². The molecule has 98 valence electrons. The molecule has 3 N–H and O–H groups in total. The first-order chi connectivity index (χ1) is 9.24. The van der Waals surface area contributed by atoms with E-state index in [2.05, 4.69) is 15.5 Å². The van der Waals surface area contributed by atoms with Crippen molar-refractivity contribution in [2.75, 3.05) is 0 Å². The fraction of sp³-hybridized carbons (Fsp3) is 0.286. The summed E-state index contributed by atoms with van der Waals surface area (Å²) in [5, 5.41) is 19.5. The van der Waals surface area contributed by atoms with Crippen LogP contribution in [0.5, 0.6) is 0 Å². The topological polar surface area (TPSA) is 78.0 Å². The maximum atomic E-state index is 12.0. The maximum Gasteiger partial charge on any atom is 0.226 e. The molecule has 1 aliphatic carbocycles. The van der Waals surface area contributed by atoms with Crippen molar-refractivity contribution in [3.63, 3.8) is 0 Å². The second kappa shape index (κ2) is 4.85. The quantitative estimate of drug-likeness (QED) is 0.758. The summed E-state index contributed by atoms with van der Waals surface area (Å²) in [6.45, 7) is 0. The van der Waals surface area contributed by atoms with E-state index in [1.54, 1.807) is 12.3 Å². The minimum Gasteiger partial charge on any atom is -0.390 e. The number of hydrogen-bond donors (Lipinski definition) is 3. The number of carbonyl (C=O) groups is 1. The van der Waals surface area contributed by atoms with E-state index in [9.17, 15) is 9.90 Å². The number of carbonyl (C=O) groups excluding carboxylic acids is 1. The number of amides is 1. The molecule has 0 radical (unpaired) electrons. The predicted molar refractivity (Wildman–Crippen MR) is 69.3 cm³/mol. The van der Waals surface area contributed by atoms with Crippen molar-refractivity contribution in [3.8, 4) is 0 Å². The third kappa shape index (κ3) is 2.37. The second-order valence-corrected chi connectivity index (χ2v) is 4.77. The number of aliphatic hydroxyl groups is 1. The summed E-state index contributed by atoms with van der Waals surface area (Å²) >= 11 is 0. The Kier molecular flexibility index (Phi) is 3.05. The molecule has 2 aromatic rings. The van der Waals surface area contributed by atoms with Crippen molar-refractivity contribution in [1.29, 1.82) is 0 Å². The molecular weight excluding hydrogens is 242 g/mol. The summed E-state index contributed by atoms with van der Waals surface area (Å²) < 4.78 is 0. The van der Waals surface area contributed by atoms with Crippen LogP contribution in [0.15, 0.2) is 36.5 Å². The van der Waals surface area contributed by atoms with Crippen molar-refractivity contribution in [1.82, 2.24) is 15.5 Å². The summed E-state index contributed by atoms with van der Waals surface area (Å²) in [7, 11) is 0. The molecule has 0 bridgehead atoms. The Morgan fingerprint density at radius 3 is 3.05 bits per heavy atom. The van der Waals surface area contributed by atoms with Gasteiger partial charge in [-0.2, -0.15) is 5.10 Å². The van der Waals surface area contributed by atoms with Gasteiger partial charge in [0.2, 0.25) is 5.91 Å². The van der Waals surface area contributed by atoms with Gasteiger partial charge < -0.3 is 10.4 Å². The molecule has 19 heavy (non-hydrogen) atoms. The molecule has 0 saturated heterocycles. The lowest BCUT2D eigenvalue weighted by molar-refractivity contribution is -0.122. The first-order valence-corrected chi connectivity index (χ1v) is 6.27. The molecule has 0 spiro atoms. The summed E-state index contributed by atoms with van der Waals surface area (Å²) in [5.74, 6) is -0.120. The van der Waals surface area contributed by atoms with Crippen LogP contribution in [0.2, 0.25) is 0 Å². The number of aliphatic hydroxyl groups excluding tert-OH is 1. The van der Waals surface area contributed by atoms with Gasteiger partial charge in [-0.05, 0) is 17.2 Å². The average molecular weight is 257 g/mol. The molecule has 0 fully saturated rings. The molecule has 5 heteroatoms. The highest BCUT2D eigenvalue weighted by Gasteiger charge is 2.31. The summed E-state index contributed by atoms with van der Waals surface area (Å²) in [5.41, 5.74) is 2.87. The monoisotopic (exact) mass is 257 g/mol. The third-order valence-electron chi connectivity index (χ3n) is 3.43. The number of hydrogen-bond acceptors (Lipinski definition) is 3. The van der Waals surface area contributed by atoms with Gasteiger partial charge in [-0.1, -0.05) is 24.3 Å². The fourth-order valence-electron chi connectivity index (χ4n) is 2.53. The Balaban J connectivity index is 1.71. The molecule has 5 nitrogen and oxygen atoms in total. The number of H-pyrrole nitrogens is 1. The Labute approximate surface area is 110 Å². The lowest BCUT2D eigenvalue weighted by Crippen LogP contribution is -2.34. The summed E-state index contributed by atoms with van der Waals surface area (Å²) in [6, 6.07) is 9.25. The lowest BCUT2D eigenvalue weighted by Gasteiger charge is -2.17. The Morgan fingerprint density at radius 1 is 1.42 bits per heavy atom. The second-order valence-electron chi connectivity index (χ2n) is 4.77. The van der Waals surface area contributed by atoms with Crippen LogP contribution in [0.3, 0.4) is 0 Å². The minimum absolute atomic E-state index is 0.120. The SMILES string of the molecule is O=C(Cc1ccn[nH]1)N[C@@H]1c2ccccc2C[C@@H]1O. The number of benzene rings is 1. The van der Waals surface area contributed by atoms with Crippen molar-refractivity contribution in [2.24, 2.45) is 0 Å². The maximum absolute atomic E-state index is 12.0. The van der Waals surface area contributed by atoms with Crippen LogP contribution < -0.4 is 5.32 Å². The van der Waals surface area contributed by atoms with E-state index in [0.717, 1.165) is 16.8 Å². The summed E-state index contributed by atoms with van der Waals surface area (Å²) in [6.07, 6.45) is 1.89. The lowest BCUT2D eigenvalue weighted by atomic mass is 10.1. The molecule has 1 amide bonds. The minimum atomic E-state index is -0.553. The molecule has 2 atom stereocenters. The molecule has 1 aromatic carbocycles. The number of nitrogens with one attached hydrogen (secondary N) is 2. The summed E-state index contributed by atoms with van der Waals surface area (Å²) in [4.78, 5) is 12.0. The molecule has 1 aromatic heterocycles. The number of nitrogens with zero attached hydrogens (tertiary/aromatic N) is 1. The highest BCUT2D eigenvalue weighted by Crippen LogP contribution is 2.31. The smallest absolute Gasteiger partial charge is 0.226 e. The number of aromatic nitrogens is 2. The van der Waals surface area contributed by atoms with Gasteiger partial charge in [0.25, 0.3) is 0 Å². The van der Waals surface area contributed by atoms with Crippen molar-refractivity contribution in [2.45, 2.75) is 25.0 Å². The zero-order valence-corrected chi connectivity index (χ0v) is 10.3. The molecular formula is C14H15N3O2. The molecule has 1 heterocycles. The van der Waals surface area contributed by atoms with E-state index in [0.29, 0.717) is 6.42 Å². The molecule has 1 aliphatic rings. The zero-order chi connectivity index (χ0) is 13.2. The fourth-order valence-corrected chi connectivity index (χ4v) is 2.53. The van der Waals surface area contributed by atoms with Crippen LogP contribution in [-0.2, 0) is 17.6 Å². The van der Waals surface area contributed by atoms with Crippen LogP contribution in [0, 0.1) is 0 Å². The van der Waals surface area contributed by atoms with Crippen molar-refractivity contribution in [3.05, 3.63) is 53.3 Å². The van der Waals surface area contributed by atoms with Gasteiger partial charge in [0.1, 0.15) is 0 Å². The van der Waals surface area contributed by atoms with E-state index in [4.69, 9.17) is 0 Å². The van der Waals surface area contributed by atoms with Gasteiger partial charge in [0.05, 0.1) is 18.6 Å². The first kappa shape index (κ1) is 11.9. The largest absolute Gasteiger partial charge is 0.390 e. The van der Waals surface area contributed by atoms with E-state index >= 15 is 0 Å². The standard InChI is InChI=1S/C14H15N3O2/c18-12-7-9-3-1-2-4-11(9)14(12)16-13(19)8-10-5-6-15-17-10/h1-6,12,14,18H,7-8H2,(H,15,17)(H,16,19)/t12-,14+/m0/s1. The Morgan fingerprint density at radius 2 is 2.26 bits per heavy atom. The van der Waals surface area contributed by atoms with Gasteiger partial charge in [0, 0.05) is 18.3 Å². The average Bonchev–Trinajstić information content (AvgIpc) is 2.99. The number of aromatic amines is 1. The third-order valence-corrected chi connectivity index (χ3v) is 3.43. The van der Waals surface area contributed by atoms with Crippen LogP contribution >= 0.6 is 0 Å². The van der Waals surface area contributed by atoms with Crippen LogP contribution in [0.25, 0.3) is 0 Å². The highest BCUT2D eigenvalue weighted by molar-refractivity contribution is 5.78. The first-order valence-electron chi connectivity index (χ1n) is 6.27. The van der Waals surface area contributed by atoms with Crippen LogP contribution in [0.4, 0.5) is 0 Å². The van der Waals surface area contributed by atoms with Gasteiger partial charge in [-0.15, -0.1) is 0 Å². The molecule has 0 unspecified atom stereocenters.